The van der Waals surface area contributed by atoms with Crippen molar-refractivity contribution in [3.8, 4) is 0 Å². The molecule has 0 aliphatic heterocycles. The molecule has 0 heterocycles. The van der Waals surface area contributed by atoms with Gasteiger partial charge in [-0.2, -0.15) is 0 Å². The third-order valence-corrected chi connectivity index (χ3v) is 5.01. The Labute approximate surface area is 126 Å². The van der Waals surface area contributed by atoms with Crippen LogP contribution in [0.5, 0.6) is 0 Å². The second-order valence-electron chi connectivity index (χ2n) is 6.65. The summed E-state index contributed by atoms with van der Waals surface area (Å²) < 4.78 is 13.4. The number of carboxylic acid groups (broad SMARTS) is 1. The van der Waals surface area contributed by atoms with Gasteiger partial charge in [-0.05, 0) is 73.8 Å². The van der Waals surface area contributed by atoms with Crippen LogP contribution in [-0.4, -0.2) is 11.1 Å². The molecule has 1 aromatic carbocycles. The Balaban J connectivity index is 2.13. The molecular formula is C18H25FO2. The smallest absolute Gasteiger partial charge is 0.303 e. The van der Waals surface area contributed by atoms with Gasteiger partial charge in [0.15, 0.2) is 0 Å². The summed E-state index contributed by atoms with van der Waals surface area (Å²) in [5.74, 6) is -0.879. The Kier molecular flexibility index (Phi) is 5.02. The topological polar surface area (TPSA) is 37.3 Å². The van der Waals surface area contributed by atoms with Crippen LogP contribution in [-0.2, 0) is 11.2 Å². The van der Waals surface area contributed by atoms with Crippen LogP contribution < -0.4 is 0 Å². The highest BCUT2D eigenvalue weighted by Gasteiger charge is 2.34. The molecule has 1 aromatic rings. The molecule has 0 unspecified atom stereocenters. The normalized spacial score (nSPS) is 17.7. The molecule has 1 aliphatic rings. The number of hydrogen-bond acceptors (Lipinski definition) is 1. The van der Waals surface area contributed by atoms with Crippen LogP contribution in [0.15, 0.2) is 12.1 Å². The highest BCUT2D eigenvalue weighted by atomic mass is 19.1. The van der Waals surface area contributed by atoms with Gasteiger partial charge in [0, 0.05) is 0 Å². The van der Waals surface area contributed by atoms with E-state index in [0.717, 1.165) is 49.7 Å². The quantitative estimate of drug-likeness (QED) is 0.846. The number of aliphatic carboxylic acids is 1. The molecule has 0 saturated heterocycles. The van der Waals surface area contributed by atoms with Crippen molar-refractivity contribution in [1.29, 1.82) is 0 Å². The monoisotopic (exact) mass is 292 g/mol. The molecule has 0 bridgehead atoms. The molecule has 2 nitrogen and oxygen atoms in total. The number of benzene rings is 1. The first kappa shape index (κ1) is 16.0. The summed E-state index contributed by atoms with van der Waals surface area (Å²) in [6.45, 7) is 3.88. The maximum Gasteiger partial charge on any atom is 0.303 e. The molecular weight excluding hydrogens is 267 g/mol. The van der Waals surface area contributed by atoms with E-state index in [-0.39, 0.29) is 17.7 Å². The highest BCUT2D eigenvalue weighted by molar-refractivity contribution is 5.67. The molecule has 116 valence electrons. The minimum Gasteiger partial charge on any atom is -0.481 e. The summed E-state index contributed by atoms with van der Waals surface area (Å²) in [7, 11) is 0. The van der Waals surface area contributed by atoms with Gasteiger partial charge < -0.3 is 5.11 Å². The van der Waals surface area contributed by atoms with Crippen LogP contribution in [0.1, 0.15) is 61.6 Å². The fourth-order valence-corrected chi connectivity index (χ4v) is 3.86. The zero-order valence-corrected chi connectivity index (χ0v) is 13.0. The molecule has 2 rings (SSSR count). The van der Waals surface area contributed by atoms with Gasteiger partial charge in [-0.25, -0.2) is 4.39 Å². The minimum absolute atomic E-state index is 0.0582. The lowest BCUT2D eigenvalue weighted by Crippen LogP contribution is -2.28. The maximum absolute atomic E-state index is 13.4. The molecule has 0 radical (unpaired) electrons. The standard InChI is InChI=1S/C18H25FO2/c1-13-10-15(19)11-14(2)16(13)6-9-18(12-17(20)21)7-4-3-5-8-18/h10-11H,3-9,12H2,1-2H3,(H,20,21). The SMILES string of the molecule is Cc1cc(F)cc(C)c1CCC1(CC(=O)O)CCCCC1. The van der Waals surface area contributed by atoms with Crippen molar-refractivity contribution in [2.24, 2.45) is 5.41 Å². The van der Waals surface area contributed by atoms with E-state index in [4.69, 9.17) is 0 Å². The average molecular weight is 292 g/mol. The lowest BCUT2D eigenvalue weighted by molar-refractivity contribution is -0.140. The molecule has 0 spiro atoms. The molecule has 1 aliphatic carbocycles. The first-order valence-electron chi connectivity index (χ1n) is 7.89. The van der Waals surface area contributed by atoms with Crippen molar-refractivity contribution in [3.05, 3.63) is 34.6 Å². The van der Waals surface area contributed by atoms with Crippen LogP contribution in [0.2, 0.25) is 0 Å². The lowest BCUT2D eigenvalue weighted by atomic mass is 9.68. The van der Waals surface area contributed by atoms with Crippen LogP contribution in [0.3, 0.4) is 0 Å². The third-order valence-electron chi connectivity index (χ3n) is 5.01. The summed E-state index contributed by atoms with van der Waals surface area (Å²) in [6.07, 6.45) is 7.53. The van der Waals surface area contributed by atoms with E-state index >= 15 is 0 Å². The highest BCUT2D eigenvalue weighted by Crippen LogP contribution is 2.43. The molecule has 1 saturated carbocycles. The summed E-state index contributed by atoms with van der Waals surface area (Å²) >= 11 is 0. The van der Waals surface area contributed by atoms with Gasteiger partial charge in [0.2, 0.25) is 0 Å². The number of halogens is 1. The first-order valence-corrected chi connectivity index (χ1v) is 7.89. The predicted octanol–water partition coefficient (Wildman–Crippen LogP) is 4.80. The van der Waals surface area contributed by atoms with Crippen molar-refractivity contribution in [2.45, 2.75) is 65.2 Å². The van der Waals surface area contributed by atoms with Crippen LogP contribution >= 0.6 is 0 Å². The molecule has 0 amide bonds. The van der Waals surface area contributed by atoms with E-state index in [1.54, 1.807) is 12.1 Å². The van der Waals surface area contributed by atoms with Gasteiger partial charge in [0.05, 0.1) is 6.42 Å². The largest absolute Gasteiger partial charge is 0.481 e. The number of aryl methyl sites for hydroxylation is 2. The fourth-order valence-electron chi connectivity index (χ4n) is 3.86. The Bertz CT molecular complexity index is 493. The molecule has 0 atom stereocenters. The second-order valence-corrected chi connectivity index (χ2v) is 6.65. The fraction of sp³-hybridized carbons (Fsp3) is 0.611. The Morgan fingerprint density at radius 1 is 1.19 bits per heavy atom. The zero-order chi connectivity index (χ0) is 15.5. The van der Waals surface area contributed by atoms with E-state index < -0.39 is 5.97 Å². The Morgan fingerprint density at radius 2 is 1.76 bits per heavy atom. The lowest BCUT2D eigenvalue weighted by Gasteiger charge is -2.36. The first-order chi connectivity index (χ1) is 9.92. The number of carbonyl (C=O) groups is 1. The Morgan fingerprint density at radius 3 is 2.29 bits per heavy atom. The van der Waals surface area contributed by atoms with Crippen LogP contribution in [0.25, 0.3) is 0 Å². The van der Waals surface area contributed by atoms with Gasteiger partial charge in [-0.15, -0.1) is 0 Å². The van der Waals surface area contributed by atoms with Gasteiger partial charge in [-0.1, -0.05) is 19.3 Å². The molecule has 21 heavy (non-hydrogen) atoms. The number of carboxylic acids is 1. The molecule has 0 aromatic heterocycles. The van der Waals surface area contributed by atoms with Gasteiger partial charge >= 0.3 is 5.97 Å². The number of rotatable bonds is 5. The van der Waals surface area contributed by atoms with Crippen LogP contribution in [0.4, 0.5) is 4.39 Å². The molecule has 3 heteroatoms. The van der Waals surface area contributed by atoms with Gasteiger partial charge in [0.25, 0.3) is 0 Å². The zero-order valence-electron chi connectivity index (χ0n) is 13.0. The second kappa shape index (κ2) is 6.59. The van der Waals surface area contributed by atoms with Gasteiger partial charge in [-0.3, -0.25) is 4.79 Å². The molecule has 1 N–H and O–H groups in total. The van der Waals surface area contributed by atoms with E-state index in [1.165, 1.54) is 12.0 Å². The Hall–Kier alpha value is -1.38. The van der Waals surface area contributed by atoms with Gasteiger partial charge in [0.1, 0.15) is 5.82 Å². The van der Waals surface area contributed by atoms with E-state index in [9.17, 15) is 14.3 Å². The van der Waals surface area contributed by atoms with E-state index in [1.807, 2.05) is 13.8 Å². The van der Waals surface area contributed by atoms with E-state index in [2.05, 4.69) is 0 Å². The minimum atomic E-state index is -0.690. The van der Waals surface area contributed by atoms with Crippen molar-refractivity contribution < 1.29 is 14.3 Å². The summed E-state index contributed by atoms with van der Waals surface area (Å²) in [5, 5.41) is 9.22. The third kappa shape index (κ3) is 4.05. The number of hydrogen-bond donors (Lipinski definition) is 1. The maximum atomic E-state index is 13.4. The van der Waals surface area contributed by atoms with Crippen molar-refractivity contribution in [2.75, 3.05) is 0 Å². The molecule has 1 fully saturated rings. The average Bonchev–Trinajstić information content (AvgIpc) is 2.37. The van der Waals surface area contributed by atoms with Crippen LogP contribution in [0, 0.1) is 25.1 Å². The van der Waals surface area contributed by atoms with Crippen molar-refractivity contribution >= 4 is 5.97 Å². The summed E-state index contributed by atoms with van der Waals surface area (Å²) in [5.41, 5.74) is 3.09. The van der Waals surface area contributed by atoms with Crippen molar-refractivity contribution in [1.82, 2.24) is 0 Å². The summed E-state index contributed by atoms with van der Waals surface area (Å²) in [4.78, 5) is 11.2. The van der Waals surface area contributed by atoms with Crippen molar-refractivity contribution in [3.63, 3.8) is 0 Å². The predicted molar refractivity (Wildman–Crippen MR) is 82.0 cm³/mol. The van der Waals surface area contributed by atoms with E-state index in [0.29, 0.717) is 0 Å². The summed E-state index contributed by atoms with van der Waals surface area (Å²) in [6, 6.07) is 3.15.